The fraction of sp³-hybridized carbons (Fsp3) is 0.263. The summed E-state index contributed by atoms with van der Waals surface area (Å²) in [6.45, 7) is 7.92. The van der Waals surface area contributed by atoms with Crippen molar-refractivity contribution in [2.75, 3.05) is 23.3 Å². The zero-order valence-electron chi connectivity index (χ0n) is 14.2. The molecule has 0 unspecified atom stereocenters. The van der Waals surface area contributed by atoms with E-state index >= 15 is 0 Å². The highest BCUT2D eigenvalue weighted by molar-refractivity contribution is 6.05. The Balaban J connectivity index is 1.75. The number of aryl methyl sites for hydroxylation is 1. The standard InChI is InChI=1S/C19H21N3O2/c1-4-22(5-2)16-9-6-14(7-10-16)19(23)21-15-8-11-17-18(12-15)24-13(3)20-17/h6-12H,4-5H2,1-3H3,(H,21,23). The molecule has 3 aromatic rings. The predicted octanol–water partition coefficient (Wildman–Crippen LogP) is 4.23. The van der Waals surface area contributed by atoms with Gasteiger partial charge in [-0.05, 0) is 50.2 Å². The van der Waals surface area contributed by atoms with E-state index in [0.717, 1.165) is 24.3 Å². The number of benzene rings is 2. The van der Waals surface area contributed by atoms with E-state index < -0.39 is 0 Å². The van der Waals surface area contributed by atoms with Gasteiger partial charge in [0.15, 0.2) is 11.5 Å². The molecule has 0 spiro atoms. The van der Waals surface area contributed by atoms with Crippen molar-refractivity contribution in [2.45, 2.75) is 20.8 Å². The summed E-state index contributed by atoms with van der Waals surface area (Å²) in [7, 11) is 0. The summed E-state index contributed by atoms with van der Waals surface area (Å²) >= 11 is 0. The van der Waals surface area contributed by atoms with E-state index in [0.29, 0.717) is 22.7 Å². The van der Waals surface area contributed by atoms with Gasteiger partial charge in [-0.15, -0.1) is 0 Å². The Kier molecular flexibility index (Phi) is 4.51. The molecule has 0 aliphatic carbocycles. The molecule has 0 aliphatic heterocycles. The van der Waals surface area contributed by atoms with Gasteiger partial charge in [-0.25, -0.2) is 4.98 Å². The number of hydrogen-bond acceptors (Lipinski definition) is 4. The maximum Gasteiger partial charge on any atom is 0.255 e. The Morgan fingerprint density at radius 3 is 2.50 bits per heavy atom. The Hall–Kier alpha value is -2.82. The van der Waals surface area contributed by atoms with Gasteiger partial charge in [0.25, 0.3) is 5.91 Å². The highest BCUT2D eigenvalue weighted by Crippen LogP contribution is 2.21. The molecule has 5 heteroatoms. The molecule has 0 saturated heterocycles. The number of rotatable bonds is 5. The molecular weight excluding hydrogens is 302 g/mol. The topological polar surface area (TPSA) is 58.4 Å². The molecule has 0 fully saturated rings. The van der Waals surface area contributed by atoms with Crippen LogP contribution in [-0.4, -0.2) is 24.0 Å². The zero-order chi connectivity index (χ0) is 17.1. The maximum absolute atomic E-state index is 12.4. The number of hydrogen-bond donors (Lipinski definition) is 1. The van der Waals surface area contributed by atoms with Crippen LogP contribution >= 0.6 is 0 Å². The van der Waals surface area contributed by atoms with Crippen LogP contribution in [0.2, 0.25) is 0 Å². The van der Waals surface area contributed by atoms with Crippen LogP contribution in [0.25, 0.3) is 11.1 Å². The monoisotopic (exact) mass is 323 g/mol. The first-order chi connectivity index (χ1) is 11.6. The quantitative estimate of drug-likeness (QED) is 0.763. The third-order valence-electron chi connectivity index (χ3n) is 4.01. The van der Waals surface area contributed by atoms with Crippen molar-refractivity contribution < 1.29 is 9.21 Å². The molecule has 5 nitrogen and oxygen atoms in total. The van der Waals surface area contributed by atoms with Crippen LogP contribution in [0.3, 0.4) is 0 Å². The highest BCUT2D eigenvalue weighted by atomic mass is 16.3. The minimum Gasteiger partial charge on any atom is -0.441 e. The van der Waals surface area contributed by atoms with E-state index in [-0.39, 0.29) is 5.91 Å². The Morgan fingerprint density at radius 1 is 1.12 bits per heavy atom. The number of nitrogens with zero attached hydrogens (tertiary/aromatic N) is 2. The van der Waals surface area contributed by atoms with Gasteiger partial charge >= 0.3 is 0 Å². The molecule has 1 N–H and O–H groups in total. The number of anilines is 2. The van der Waals surface area contributed by atoms with Crippen molar-refractivity contribution in [1.29, 1.82) is 0 Å². The van der Waals surface area contributed by atoms with E-state index in [1.165, 1.54) is 0 Å². The lowest BCUT2D eigenvalue weighted by Crippen LogP contribution is -2.21. The highest BCUT2D eigenvalue weighted by Gasteiger charge is 2.09. The van der Waals surface area contributed by atoms with Gasteiger partial charge in [0.1, 0.15) is 5.52 Å². The molecular formula is C19H21N3O2. The average Bonchev–Trinajstić information content (AvgIpc) is 2.96. The van der Waals surface area contributed by atoms with E-state index in [2.05, 4.69) is 29.0 Å². The van der Waals surface area contributed by atoms with Crippen molar-refractivity contribution in [3.05, 3.63) is 53.9 Å². The molecule has 1 heterocycles. The van der Waals surface area contributed by atoms with Crippen molar-refractivity contribution in [3.63, 3.8) is 0 Å². The second-order valence-corrected chi connectivity index (χ2v) is 5.59. The Labute approximate surface area is 141 Å². The summed E-state index contributed by atoms with van der Waals surface area (Å²) in [6.07, 6.45) is 0. The summed E-state index contributed by atoms with van der Waals surface area (Å²) < 4.78 is 5.49. The third kappa shape index (κ3) is 3.25. The lowest BCUT2D eigenvalue weighted by atomic mass is 10.1. The molecule has 0 radical (unpaired) electrons. The number of fused-ring (bicyclic) bond motifs is 1. The molecule has 2 aromatic carbocycles. The predicted molar refractivity (Wildman–Crippen MR) is 96.7 cm³/mol. The first-order valence-electron chi connectivity index (χ1n) is 8.14. The van der Waals surface area contributed by atoms with Gasteiger partial charge in [-0.1, -0.05) is 0 Å². The number of nitrogens with one attached hydrogen (secondary N) is 1. The van der Waals surface area contributed by atoms with Gasteiger partial charge in [0.2, 0.25) is 0 Å². The SMILES string of the molecule is CCN(CC)c1ccc(C(=O)Nc2ccc3nc(C)oc3c2)cc1. The van der Waals surface area contributed by atoms with E-state index in [9.17, 15) is 4.79 Å². The lowest BCUT2D eigenvalue weighted by molar-refractivity contribution is 0.102. The second-order valence-electron chi connectivity index (χ2n) is 5.59. The molecule has 24 heavy (non-hydrogen) atoms. The van der Waals surface area contributed by atoms with Crippen LogP contribution in [0.4, 0.5) is 11.4 Å². The lowest BCUT2D eigenvalue weighted by Gasteiger charge is -2.21. The number of aromatic nitrogens is 1. The van der Waals surface area contributed by atoms with Crippen LogP contribution < -0.4 is 10.2 Å². The van der Waals surface area contributed by atoms with Crippen LogP contribution in [0.15, 0.2) is 46.9 Å². The van der Waals surface area contributed by atoms with Crippen LogP contribution in [0.5, 0.6) is 0 Å². The van der Waals surface area contributed by atoms with Gasteiger partial charge in [-0.3, -0.25) is 4.79 Å². The molecule has 1 aromatic heterocycles. The summed E-state index contributed by atoms with van der Waals surface area (Å²) in [5.74, 6) is 0.470. The minimum atomic E-state index is -0.142. The number of amides is 1. The third-order valence-corrected chi connectivity index (χ3v) is 4.01. The van der Waals surface area contributed by atoms with Crippen molar-refractivity contribution >= 4 is 28.4 Å². The molecule has 1 amide bonds. The summed E-state index contributed by atoms with van der Waals surface area (Å²) in [4.78, 5) is 18.9. The normalized spacial score (nSPS) is 10.8. The minimum absolute atomic E-state index is 0.142. The van der Waals surface area contributed by atoms with Crippen molar-refractivity contribution in [1.82, 2.24) is 4.98 Å². The summed E-state index contributed by atoms with van der Waals surface area (Å²) in [5, 5.41) is 2.90. The number of carbonyl (C=O) groups is 1. The Bertz CT molecular complexity index is 849. The van der Waals surface area contributed by atoms with Gasteiger partial charge in [0.05, 0.1) is 0 Å². The summed E-state index contributed by atoms with van der Waals surface area (Å²) in [6, 6.07) is 13.1. The molecule has 0 saturated carbocycles. The largest absolute Gasteiger partial charge is 0.441 e. The second kappa shape index (κ2) is 6.74. The van der Waals surface area contributed by atoms with E-state index in [1.807, 2.05) is 36.4 Å². The van der Waals surface area contributed by atoms with Crippen LogP contribution in [-0.2, 0) is 0 Å². The van der Waals surface area contributed by atoms with Gasteiger partial charge < -0.3 is 14.6 Å². The van der Waals surface area contributed by atoms with Gasteiger partial charge in [-0.2, -0.15) is 0 Å². The molecule has 0 aliphatic rings. The molecule has 124 valence electrons. The number of oxazole rings is 1. The average molecular weight is 323 g/mol. The van der Waals surface area contributed by atoms with Crippen molar-refractivity contribution in [3.8, 4) is 0 Å². The number of carbonyl (C=O) groups excluding carboxylic acids is 1. The van der Waals surface area contributed by atoms with Crippen LogP contribution in [0.1, 0.15) is 30.1 Å². The van der Waals surface area contributed by atoms with E-state index in [1.54, 1.807) is 13.0 Å². The van der Waals surface area contributed by atoms with Crippen molar-refractivity contribution in [2.24, 2.45) is 0 Å². The fourth-order valence-electron chi connectivity index (χ4n) is 2.73. The first kappa shape index (κ1) is 16.1. The van der Waals surface area contributed by atoms with Gasteiger partial charge in [0, 0.05) is 43.0 Å². The van der Waals surface area contributed by atoms with E-state index in [4.69, 9.17) is 4.42 Å². The smallest absolute Gasteiger partial charge is 0.255 e. The first-order valence-corrected chi connectivity index (χ1v) is 8.14. The Morgan fingerprint density at radius 2 is 1.83 bits per heavy atom. The fourth-order valence-corrected chi connectivity index (χ4v) is 2.73. The maximum atomic E-state index is 12.4. The summed E-state index contributed by atoms with van der Waals surface area (Å²) in [5.41, 5.74) is 3.89. The zero-order valence-corrected chi connectivity index (χ0v) is 14.2. The van der Waals surface area contributed by atoms with Crippen LogP contribution in [0, 0.1) is 6.92 Å². The molecule has 0 bridgehead atoms. The molecule has 0 atom stereocenters. The molecule has 3 rings (SSSR count).